The molecular weight excluding hydrogens is 390 g/mol. The fraction of sp³-hybridized carbons (Fsp3) is 0.100. The number of guanidine groups is 1. The number of benzene rings is 2. The van der Waals surface area contributed by atoms with E-state index in [9.17, 15) is 0 Å². The molecule has 2 aromatic carbocycles. The van der Waals surface area contributed by atoms with Crippen LogP contribution in [0.4, 0.5) is 0 Å². The molecule has 0 saturated heterocycles. The van der Waals surface area contributed by atoms with Gasteiger partial charge in [0.2, 0.25) is 0 Å². The highest BCUT2D eigenvalue weighted by molar-refractivity contribution is 8.93. The Morgan fingerprint density at radius 1 is 1.12 bits per heavy atom. The second-order valence-electron chi connectivity index (χ2n) is 5.52. The van der Waals surface area contributed by atoms with Gasteiger partial charge in [-0.2, -0.15) is 5.10 Å². The molecule has 1 heterocycles. The van der Waals surface area contributed by atoms with Crippen LogP contribution in [0.3, 0.4) is 0 Å². The molecule has 3 aromatic rings. The average Bonchev–Trinajstić information content (AvgIpc) is 3.10. The summed E-state index contributed by atoms with van der Waals surface area (Å²) in [6, 6.07) is 20.1. The quantitative estimate of drug-likeness (QED) is 0.369. The number of aliphatic imine (C=N–C) groups is 1. The van der Waals surface area contributed by atoms with Gasteiger partial charge in [0.1, 0.15) is 0 Å². The van der Waals surface area contributed by atoms with E-state index in [-0.39, 0.29) is 17.0 Å². The number of aromatic nitrogens is 2. The standard InChI is InChI=1S/C20H21N5.BrH/c1-2-13-22-20(21)23-14-17-15-25(18-11-7-4-8-12-18)24-19(17)16-9-5-3-6-10-16;/h2-12,15H,1,13-14H2,(H3,21,22,23);1H. The Morgan fingerprint density at radius 2 is 1.77 bits per heavy atom. The normalized spacial score (nSPS) is 10.8. The van der Waals surface area contributed by atoms with Crippen LogP contribution < -0.4 is 11.1 Å². The van der Waals surface area contributed by atoms with E-state index in [1.807, 2.05) is 71.5 Å². The molecule has 3 rings (SSSR count). The number of nitrogens with two attached hydrogens (primary N) is 1. The zero-order valence-electron chi connectivity index (χ0n) is 14.4. The second kappa shape index (κ2) is 9.58. The Balaban J connectivity index is 0.00000243. The lowest BCUT2D eigenvalue weighted by atomic mass is 10.1. The van der Waals surface area contributed by atoms with Gasteiger partial charge in [0, 0.05) is 23.9 Å². The number of rotatable bonds is 6. The van der Waals surface area contributed by atoms with Gasteiger partial charge >= 0.3 is 0 Å². The molecule has 0 radical (unpaired) electrons. The number of nitrogens with zero attached hydrogens (tertiary/aromatic N) is 3. The minimum absolute atomic E-state index is 0. The molecule has 1 aromatic heterocycles. The summed E-state index contributed by atoms with van der Waals surface area (Å²) in [4.78, 5) is 4.41. The van der Waals surface area contributed by atoms with Crippen molar-refractivity contribution >= 4 is 22.9 Å². The van der Waals surface area contributed by atoms with Gasteiger partial charge < -0.3 is 11.1 Å². The van der Waals surface area contributed by atoms with Crippen LogP contribution in [0.5, 0.6) is 0 Å². The third-order valence-corrected chi connectivity index (χ3v) is 3.71. The first kappa shape index (κ1) is 19.5. The van der Waals surface area contributed by atoms with Crippen LogP contribution in [0.25, 0.3) is 16.9 Å². The third-order valence-electron chi connectivity index (χ3n) is 3.71. The molecule has 134 valence electrons. The molecule has 0 amide bonds. The SMILES string of the molecule is Br.C=CCNC(N)=NCc1cn(-c2ccccc2)nc1-c1ccccc1. The number of hydrogen-bond donors (Lipinski definition) is 2. The van der Waals surface area contributed by atoms with Crippen LogP contribution in [0.2, 0.25) is 0 Å². The van der Waals surface area contributed by atoms with Crippen LogP contribution in [0, 0.1) is 0 Å². The Morgan fingerprint density at radius 3 is 2.42 bits per heavy atom. The summed E-state index contributed by atoms with van der Waals surface area (Å²) in [5.74, 6) is 0.395. The molecule has 0 unspecified atom stereocenters. The van der Waals surface area contributed by atoms with E-state index in [1.165, 1.54) is 0 Å². The highest BCUT2D eigenvalue weighted by atomic mass is 79.9. The third kappa shape index (κ3) is 4.83. The fourth-order valence-electron chi connectivity index (χ4n) is 2.48. The predicted octanol–water partition coefficient (Wildman–Crippen LogP) is 3.71. The van der Waals surface area contributed by atoms with Crippen molar-refractivity contribution in [2.45, 2.75) is 6.54 Å². The molecule has 5 nitrogen and oxygen atoms in total. The lowest BCUT2D eigenvalue weighted by Crippen LogP contribution is -2.31. The van der Waals surface area contributed by atoms with Gasteiger partial charge in [-0.15, -0.1) is 23.6 Å². The van der Waals surface area contributed by atoms with Crippen molar-refractivity contribution in [1.82, 2.24) is 15.1 Å². The van der Waals surface area contributed by atoms with E-state index in [2.05, 4.69) is 16.9 Å². The lowest BCUT2D eigenvalue weighted by Gasteiger charge is -2.03. The first-order valence-corrected chi connectivity index (χ1v) is 8.12. The van der Waals surface area contributed by atoms with Crippen LogP contribution in [-0.4, -0.2) is 22.3 Å². The minimum atomic E-state index is 0. The highest BCUT2D eigenvalue weighted by Crippen LogP contribution is 2.24. The zero-order chi connectivity index (χ0) is 17.5. The number of nitrogens with one attached hydrogen (secondary N) is 1. The summed E-state index contributed by atoms with van der Waals surface area (Å²) >= 11 is 0. The maximum absolute atomic E-state index is 5.88. The van der Waals surface area contributed by atoms with E-state index in [0.29, 0.717) is 19.0 Å². The smallest absolute Gasteiger partial charge is 0.189 e. The molecule has 0 aliphatic heterocycles. The van der Waals surface area contributed by atoms with Gasteiger partial charge in [-0.3, -0.25) is 0 Å². The van der Waals surface area contributed by atoms with E-state index < -0.39 is 0 Å². The molecule has 0 bridgehead atoms. The van der Waals surface area contributed by atoms with Crippen LogP contribution in [0.1, 0.15) is 5.56 Å². The Kier molecular flexibility index (Phi) is 7.17. The minimum Gasteiger partial charge on any atom is -0.370 e. The van der Waals surface area contributed by atoms with Crippen molar-refractivity contribution < 1.29 is 0 Å². The van der Waals surface area contributed by atoms with E-state index in [0.717, 1.165) is 22.5 Å². The van der Waals surface area contributed by atoms with Crippen molar-refractivity contribution in [3.8, 4) is 16.9 Å². The second-order valence-corrected chi connectivity index (χ2v) is 5.52. The van der Waals surface area contributed by atoms with E-state index in [4.69, 9.17) is 10.8 Å². The van der Waals surface area contributed by atoms with E-state index >= 15 is 0 Å². The zero-order valence-corrected chi connectivity index (χ0v) is 16.1. The number of hydrogen-bond acceptors (Lipinski definition) is 2. The van der Waals surface area contributed by atoms with Gasteiger partial charge in [0.25, 0.3) is 0 Å². The molecule has 0 fully saturated rings. The monoisotopic (exact) mass is 411 g/mol. The molecule has 0 aliphatic carbocycles. The first-order valence-electron chi connectivity index (χ1n) is 8.12. The van der Waals surface area contributed by atoms with Crippen LogP contribution in [-0.2, 0) is 6.54 Å². The van der Waals surface area contributed by atoms with Gasteiger partial charge in [0.15, 0.2) is 5.96 Å². The van der Waals surface area contributed by atoms with Gasteiger partial charge in [-0.05, 0) is 12.1 Å². The molecule has 6 heteroatoms. The number of halogens is 1. The highest BCUT2D eigenvalue weighted by Gasteiger charge is 2.11. The van der Waals surface area contributed by atoms with E-state index in [1.54, 1.807) is 6.08 Å². The van der Waals surface area contributed by atoms with Crippen molar-refractivity contribution in [2.75, 3.05) is 6.54 Å². The van der Waals surface area contributed by atoms with Gasteiger partial charge in [0.05, 0.1) is 17.9 Å². The first-order chi connectivity index (χ1) is 12.3. The summed E-state index contributed by atoms with van der Waals surface area (Å²) in [5, 5.41) is 7.74. The number of para-hydroxylation sites is 1. The molecule has 26 heavy (non-hydrogen) atoms. The molecular formula is C20H22BrN5. The lowest BCUT2D eigenvalue weighted by molar-refractivity contribution is 0.882. The summed E-state index contributed by atoms with van der Waals surface area (Å²) < 4.78 is 1.88. The Labute approximate surface area is 164 Å². The molecule has 0 atom stereocenters. The predicted molar refractivity (Wildman–Crippen MR) is 113 cm³/mol. The summed E-state index contributed by atoms with van der Waals surface area (Å²) in [6.07, 6.45) is 3.74. The molecule has 3 N–H and O–H groups in total. The van der Waals surface area contributed by atoms with Crippen LogP contribution >= 0.6 is 17.0 Å². The summed E-state index contributed by atoms with van der Waals surface area (Å²) in [6.45, 7) is 4.69. The maximum Gasteiger partial charge on any atom is 0.189 e. The topological polar surface area (TPSA) is 68.2 Å². The molecule has 0 aliphatic rings. The van der Waals surface area contributed by atoms with Crippen LogP contribution in [0.15, 0.2) is 84.5 Å². The fourth-order valence-corrected chi connectivity index (χ4v) is 2.48. The van der Waals surface area contributed by atoms with Gasteiger partial charge in [-0.25, -0.2) is 9.67 Å². The van der Waals surface area contributed by atoms with Gasteiger partial charge in [-0.1, -0.05) is 54.6 Å². The van der Waals surface area contributed by atoms with Crippen molar-refractivity contribution in [3.63, 3.8) is 0 Å². The van der Waals surface area contributed by atoms with Crippen molar-refractivity contribution in [2.24, 2.45) is 10.7 Å². The molecule has 0 saturated carbocycles. The largest absolute Gasteiger partial charge is 0.370 e. The summed E-state index contributed by atoms with van der Waals surface area (Å²) in [7, 11) is 0. The average molecular weight is 412 g/mol. The Hall–Kier alpha value is -2.86. The molecule has 0 spiro atoms. The summed E-state index contributed by atoms with van der Waals surface area (Å²) in [5.41, 5.74) is 9.86. The Bertz CT molecular complexity index is 856. The maximum atomic E-state index is 5.88. The van der Waals surface area contributed by atoms with Crippen molar-refractivity contribution in [1.29, 1.82) is 0 Å². The van der Waals surface area contributed by atoms with Crippen molar-refractivity contribution in [3.05, 3.63) is 85.1 Å².